The van der Waals surface area contributed by atoms with E-state index in [2.05, 4.69) is 43.6 Å². The van der Waals surface area contributed by atoms with Gasteiger partial charge in [0.15, 0.2) is 0 Å². The molecule has 0 bridgehead atoms. The van der Waals surface area contributed by atoms with Gasteiger partial charge < -0.3 is 24.6 Å². The van der Waals surface area contributed by atoms with E-state index in [1.807, 2.05) is 19.1 Å². The van der Waals surface area contributed by atoms with Gasteiger partial charge in [-0.05, 0) is 97.2 Å². The highest BCUT2D eigenvalue weighted by atomic mass is 35.5. The molecule has 0 saturated heterocycles. The summed E-state index contributed by atoms with van der Waals surface area (Å²) in [4.78, 5) is 43.4. The van der Waals surface area contributed by atoms with Crippen molar-refractivity contribution >= 4 is 45.2 Å². The first-order valence-corrected chi connectivity index (χ1v) is 20.7. The highest BCUT2D eigenvalue weighted by molar-refractivity contribution is 7.92. The minimum Gasteiger partial charge on any atom is -0.490 e. The zero-order valence-corrected chi connectivity index (χ0v) is 31.6. The van der Waals surface area contributed by atoms with Crippen LogP contribution in [0.5, 0.6) is 5.75 Å². The molecule has 3 aliphatic carbocycles. The summed E-state index contributed by atoms with van der Waals surface area (Å²) >= 11 is 6.46. The summed E-state index contributed by atoms with van der Waals surface area (Å²) in [5.41, 5.74) is 4.61. The molecule has 1 unspecified atom stereocenters. The molecule has 1 spiro atoms. The van der Waals surface area contributed by atoms with Crippen molar-refractivity contribution in [2.24, 2.45) is 22.1 Å². The van der Waals surface area contributed by atoms with Gasteiger partial charge in [0.25, 0.3) is 5.91 Å². The number of aryl methyl sites for hydroxylation is 1. The maximum Gasteiger partial charge on any atom is 0.409 e. The number of hydrogen-bond acceptors (Lipinski definition) is 7. The van der Waals surface area contributed by atoms with Crippen LogP contribution in [0.2, 0.25) is 5.02 Å². The Morgan fingerprint density at radius 1 is 1.17 bits per heavy atom. The van der Waals surface area contributed by atoms with Gasteiger partial charge in [0.2, 0.25) is 0 Å². The van der Waals surface area contributed by atoms with Crippen molar-refractivity contribution in [2.45, 2.75) is 81.8 Å². The maximum atomic E-state index is 14.5. The number of allylic oxidation sites excluding steroid dienone is 2. The van der Waals surface area contributed by atoms with Crippen molar-refractivity contribution < 1.29 is 28.1 Å². The van der Waals surface area contributed by atoms with Crippen LogP contribution in [-0.2, 0) is 26.5 Å². The first-order chi connectivity index (χ1) is 24.9. The fraction of sp³-hybridized carbons (Fsp3) is 0.564. The van der Waals surface area contributed by atoms with E-state index >= 15 is 0 Å². The average molecular weight is 750 g/mol. The van der Waals surface area contributed by atoms with E-state index in [0.717, 1.165) is 67.2 Å². The number of urea groups is 1. The number of nitrogens with one attached hydrogen (secondary N) is 2. The van der Waals surface area contributed by atoms with E-state index in [0.29, 0.717) is 43.3 Å². The summed E-state index contributed by atoms with van der Waals surface area (Å²) in [6, 6.07) is 9.03. The Morgan fingerprint density at radius 2 is 2.00 bits per heavy atom. The van der Waals surface area contributed by atoms with E-state index < -0.39 is 27.9 Å². The lowest BCUT2D eigenvalue weighted by Crippen LogP contribution is -2.53. The van der Waals surface area contributed by atoms with Gasteiger partial charge in [-0.1, -0.05) is 36.7 Å². The largest absolute Gasteiger partial charge is 0.490 e. The van der Waals surface area contributed by atoms with Crippen LogP contribution in [0.4, 0.5) is 15.3 Å². The van der Waals surface area contributed by atoms with Gasteiger partial charge in [-0.3, -0.25) is 9.52 Å². The van der Waals surface area contributed by atoms with Crippen LogP contribution >= 0.6 is 11.6 Å². The van der Waals surface area contributed by atoms with Gasteiger partial charge >= 0.3 is 12.1 Å². The molecule has 6 aliphatic rings. The number of carbonyl (C=O) groups excluding carboxylic acids is 3. The number of benzene rings is 2. The number of rotatable bonds is 3. The lowest BCUT2D eigenvalue weighted by molar-refractivity contribution is 0.0203. The molecule has 0 radical (unpaired) electrons. The van der Waals surface area contributed by atoms with Crippen molar-refractivity contribution in [3.8, 4) is 5.75 Å². The first kappa shape index (κ1) is 35.3. The summed E-state index contributed by atoms with van der Waals surface area (Å²) in [5.74, 6) is 0.899. The molecule has 6 atom stereocenters. The summed E-state index contributed by atoms with van der Waals surface area (Å²) in [7, 11) is -0.281. The zero-order valence-electron chi connectivity index (χ0n) is 30.1. The monoisotopic (exact) mass is 749 g/mol. The first-order valence-electron chi connectivity index (χ1n) is 18.7. The van der Waals surface area contributed by atoms with Crippen LogP contribution in [0.15, 0.2) is 46.8 Å². The molecule has 2 saturated carbocycles. The van der Waals surface area contributed by atoms with Crippen LogP contribution in [0.1, 0.15) is 84.8 Å². The Morgan fingerprint density at radius 3 is 2.77 bits per heavy atom. The Hall–Kier alpha value is -3.77. The molecule has 3 aliphatic heterocycles. The second kappa shape index (κ2) is 13.6. The second-order valence-electron chi connectivity index (χ2n) is 16.1. The van der Waals surface area contributed by atoms with E-state index in [1.165, 1.54) is 16.0 Å². The van der Waals surface area contributed by atoms with Gasteiger partial charge in [-0.15, -0.1) is 4.36 Å². The van der Waals surface area contributed by atoms with E-state index in [-0.39, 0.29) is 35.1 Å². The molecule has 2 fully saturated rings. The normalized spacial score (nSPS) is 33.7. The molecule has 13 heteroatoms. The van der Waals surface area contributed by atoms with E-state index in [4.69, 9.17) is 21.1 Å². The zero-order chi connectivity index (χ0) is 36.4. The van der Waals surface area contributed by atoms with Crippen LogP contribution in [-0.4, -0.2) is 78.8 Å². The molecule has 278 valence electrons. The van der Waals surface area contributed by atoms with Gasteiger partial charge in [-0.25, -0.2) is 13.8 Å². The average Bonchev–Trinajstić information content (AvgIpc) is 3.26. The minimum atomic E-state index is -3.51. The molecule has 11 nitrogen and oxygen atoms in total. The lowest BCUT2D eigenvalue weighted by Gasteiger charge is -2.43. The second-order valence-corrected chi connectivity index (χ2v) is 18.6. The van der Waals surface area contributed by atoms with Gasteiger partial charge in [-0.2, -0.15) is 0 Å². The van der Waals surface area contributed by atoms with Gasteiger partial charge in [0, 0.05) is 68.0 Å². The molecule has 2 N–H and O–H groups in total. The maximum absolute atomic E-state index is 14.5. The molecule has 3 heterocycles. The third-order valence-electron chi connectivity index (χ3n) is 12.1. The molecule has 8 rings (SSSR count). The number of amides is 4. The van der Waals surface area contributed by atoms with Crippen molar-refractivity contribution in [1.82, 2.24) is 14.9 Å². The topological polar surface area (TPSA) is 130 Å². The Labute approximate surface area is 311 Å². The summed E-state index contributed by atoms with van der Waals surface area (Å²) in [6.07, 6.45) is 10.5. The van der Waals surface area contributed by atoms with Crippen LogP contribution in [0.25, 0.3) is 0 Å². The Balaban J connectivity index is 1.13. The summed E-state index contributed by atoms with van der Waals surface area (Å²) in [6.45, 7) is 4.14. The molecule has 4 amide bonds. The number of hydrogen-bond donors (Lipinski definition) is 2. The SMILES string of the molecule is C[C@H]1C/C=C/[C@@H]2c3c(ccc4c3N(C[C@@H]3CC[C@H]32)C[C@@]2(CCCc3cc(Cl)ccc32)CO4)C(=O)N=S(=O)(NC(=O)NC2CC(OC(=O)N(C)C)C2)C1. The van der Waals surface area contributed by atoms with Crippen LogP contribution < -0.4 is 19.7 Å². The number of halogens is 1. The summed E-state index contributed by atoms with van der Waals surface area (Å²) < 4.78 is 33.7. The van der Waals surface area contributed by atoms with Crippen LogP contribution in [0.3, 0.4) is 0 Å². The van der Waals surface area contributed by atoms with Crippen molar-refractivity contribution in [1.29, 1.82) is 0 Å². The number of carbonyl (C=O) groups is 3. The third-order valence-corrected chi connectivity index (χ3v) is 14.3. The van der Waals surface area contributed by atoms with Crippen molar-refractivity contribution in [2.75, 3.05) is 44.4 Å². The van der Waals surface area contributed by atoms with Gasteiger partial charge in [0.1, 0.15) is 21.8 Å². The van der Waals surface area contributed by atoms with Crippen molar-refractivity contribution in [3.63, 3.8) is 0 Å². The Bertz CT molecular complexity index is 1950. The molecule has 2 aromatic rings. The van der Waals surface area contributed by atoms with E-state index in [9.17, 15) is 18.6 Å². The highest BCUT2D eigenvalue weighted by Gasteiger charge is 2.49. The third kappa shape index (κ3) is 6.54. The number of anilines is 1. The highest BCUT2D eigenvalue weighted by Crippen LogP contribution is 2.56. The van der Waals surface area contributed by atoms with Crippen LogP contribution in [0, 0.1) is 17.8 Å². The quantitative estimate of drug-likeness (QED) is 0.339. The van der Waals surface area contributed by atoms with Crippen molar-refractivity contribution in [3.05, 3.63) is 69.8 Å². The summed E-state index contributed by atoms with van der Waals surface area (Å²) in [5, 5.41) is 3.58. The number of nitrogens with zero attached hydrogens (tertiary/aromatic N) is 3. The predicted molar refractivity (Wildman–Crippen MR) is 201 cm³/mol. The molecule has 2 aromatic carbocycles. The number of fused-ring (bicyclic) bond motifs is 4. The fourth-order valence-corrected chi connectivity index (χ4v) is 11.4. The fourth-order valence-electron chi connectivity index (χ4n) is 9.38. The molecular formula is C39H48ClN5O6S. The minimum absolute atomic E-state index is 0.0197. The molecule has 0 aromatic heterocycles. The smallest absolute Gasteiger partial charge is 0.409 e. The molecular weight excluding hydrogens is 702 g/mol. The van der Waals surface area contributed by atoms with Gasteiger partial charge in [0.05, 0.1) is 18.0 Å². The Kier molecular flexibility index (Phi) is 9.21. The lowest BCUT2D eigenvalue weighted by atomic mass is 9.65. The standard InChI is InChI=1S/C39H48ClN5O6S/c1-23-6-4-8-30-29-11-9-25(29)19-45-21-39(15-5-7-24-16-26(40)10-13-32(24)39)22-50-33-14-12-31(34(30)35(33)45)36(46)42-52(49,20-23)43-37(47)41-27-17-28(18-27)51-38(48)44(2)3/h4,8,10,12-14,16,23,25,27-30H,5-7,9,11,15,17-22H2,1-3H3,(H2,41,42,43,46,47,49)/b8-4+/t23-,25-,27?,28?,29+,30-,39-,52?/m0/s1. The predicted octanol–water partition coefficient (Wildman–Crippen LogP) is 6.58. The number of ether oxygens (including phenoxy) is 2. The van der Waals surface area contributed by atoms with E-state index in [1.54, 1.807) is 20.2 Å². The molecule has 52 heavy (non-hydrogen) atoms.